The fourth-order valence-electron chi connectivity index (χ4n) is 2.80. The Kier molecular flexibility index (Phi) is 4.05. The molecule has 2 rings (SSSR count). The number of aromatic nitrogens is 1. The third kappa shape index (κ3) is 2.78. The lowest BCUT2D eigenvalue weighted by molar-refractivity contribution is -0.646. The third-order valence-electron chi connectivity index (χ3n) is 3.69. The van der Waals surface area contributed by atoms with E-state index >= 15 is 0 Å². The molecule has 1 aromatic carbocycles. The number of benzene rings is 1. The van der Waals surface area contributed by atoms with Crippen LogP contribution in [0.5, 0.6) is 0 Å². The Morgan fingerprint density at radius 3 is 2.19 bits per heavy atom. The molecule has 0 radical (unpaired) electrons. The van der Waals surface area contributed by atoms with Crippen LogP contribution in [-0.2, 0) is 9.84 Å². The van der Waals surface area contributed by atoms with Gasteiger partial charge < -0.3 is 5.21 Å². The quantitative estimate of drug-likeness (QED) is 0.647. The lowest BCUT2D eigenvalue weighted by atomic mass is 9.98. The monoisotopic (exact) mass is 305 g/mol. The minimum absolute atomic E-state index is 0.211. The molecule has 5 heteroatoms. The van der Waals surface area contributed by atoms with Gasteiger partial charge in [-0.3, -0.25) is 0 Å². The van der Waals surface area contributed by atoms with E-state index in [1.54, 1.807) is 13.0 Å². The molecule has 0 aliphatic heterocycles. The van der Waals surface area contributed by atoms with Gasteiger partial charge in [0.05, 0.1) is 5.25 Å². The van der Waals surface area contributed by atoms with Crippen molar-refractivity contribution in [3.8, 4) is 0 Å². The van der Waals surface area contributed by atoms with Crippen molar-refractivity contribution in [2.24, 2.45) is 0 Å². The molecule has 0 aliphatic rings. The first-order valence-electron chi connectivity index (χ1n) is 6.75. The maximum Gasteiger partial charge on any atom is 0.309 e. The van der Waals surface area contributed by atoms with Gasteiger partial charge in [0.25, 0.3) is 0 Å². The predicted octanol–water partition coefficient (Wildman–Crippen LogP) is 2.78. The standard InChI is InChI=1S/C16H19NO3S/c1-11-9-12(2)16(13(3)10-11)14(4)21(19,20)15-7-5-6-8-17(15)18/h5-10,14H,1-4H3. The summed E-state index contributed by atoms with van der Waals surface area (Å²) in [7, 11) is -3.73. The second-order valence-corrected chi connectivity index (χ2v) is 7.58. The number of sulfone groups is 1. The Bertz CT molecular complexity index is 759. The predicted molar refractivity (Wildman–Crippen MR) is 81.7 cm³/mol. The highest BCUT2D eigenvalue weighted by Gasteiger charge is 2.33. The molecule has 4 nitrogen and oxygen atoms in total. The van der Waals surface area contributed by atoms with Crippen molar-refractivity contribution in [2.45, 2.75) is 38.0 Å². The Balaban J connectivity index is 2.60. The molecule has 0 spiro atoms. The molecule has 2 aromatic rings. The largest absolute Gasteiger partial charge is 0.618 e. The molecule has 112 valence electrons. The molecule has 1 heterocycles. The summed E-state index contributed by atoms with van der Waals surface area (Å²) in [6.45, 7) is 7.41. The van der Waals surface area contributed by atoms with Gasteiger partial charge in [0.1, 0.15) is 0 Å². The molecule has 21 heavy (non-hydrogen) atoms. The van der Waals surface area contributed by atoms with E-state index in [0.717, 1.165) is 22.3 Å². The van der Waals surface area contributed by atoms with Crippen LogP contribution in [0.15, 0.2) is 41.6 Å². The first-order valence-corrected chi connectivity index (χ1v) is 8.29. The van der Waals surface area contributed by atoms with Crippen LogP contribution in [-0.4, -0.2) is 8.42 Å². The fourth-order valence-corrected chi connectivity index (χ4v) is 4.43. The van der Waals surface area contributed by atoms with Crippen molar-refractivity contribution in [1.29, 1.82) is 0 Å². The average molecular weight is 305 g/mol. The zero-order valence-electron chi connectivity index (χ0n) is 12.6. The van der Waals surface area contributed by atoms with Gasteiger partial charge in [-0.2, -0.15) is 4.73 Å². The van der Waals surface area contributed by atoms with E-state index in [1.807, 2.05) is 32.9 Å². The van der Waals surface area contributed by atoms with Gasteiger partial charge in [0, 0.05) is 12.1 Å². The van der Waals surface area contributed by atoms with Crippen LogP contribution in [0, 0.1) is 26.0 Å². The average Bonchev–Trinajstić information content (AvgIpc) is 2.37. The van der Waals surface area contributed by atoms with Crippen molar-refractivity contribution in [1.82, 2.24) is 0 Å². The Morgan fingerprint density at radius 2 is 1.67 bits per heavy atom. The number of pyridine rings is 1. The van der Waals surface area contributed by atoms with E-state index in [1.165, 1.54) is 18.3 Å². The van der Waals surface area contributed by atoms with Crippen molar-refractivity contribution in [3.63, 3.8) is 0 Å². The minimum atomic E-state index is -3.73. The smallest absolute Gasteiger partial charge is 0.309 e. The molecule has 0 amide bonds. The lowest BCUT2D eigenvalue weighted by Crippen LogP contribution is -2.34. The molecule has 0 fully saturated rings. The van der Waals surface area contributed by atoms with E-state index in [4.69, 9.17) is 0 Å². The first-order chi connectivity index (χ1) is 9.75. The highest BCUT2D eigenvalue weighted by atomic mass is 32.2. The lowest BCUT2D eigenvalue weighted by Gasteiger charge is -2.18. The van der Waals surface area contributed by atoms with Crippen molar-refractivity contribution < 1.29 is 13.1 Å². The van der Waals surface area contributed by atoms with Crippen LogP contribution >= 0.6 is 0 Å². The summed E-state index contributed by atoms with van der Waals surface area (Å²) >= 11 is 0. The number of rotatable bonds is 3. The molecule has 0 saturated heterocycles. The maximum absolute atomic E-state index is 12.7. The van der Waals surface area contributed by atoms with E-state index in [2.05, 4.69) is 0 Å². The topological polar surface area (TPSA) is 61.1 Å². The molecule has 0 saturated carbocycles. The van der Waals surface area contributed by atoms with Crippen molar-refractivity contribution in [3.05, 3.63) is 64.0 Å². The number of aryl methyl sites for hydroxylation is 3. The van der Waals surface area contributed by atoms with E-state index < -0.39 is 15.1 Å². The van der Waals surface area contributed by atoms with Gasteiger partial charge in [-0.25, -0.2) is 8.42 Å². The summed E-state index contributed by atoms with van der Waals surface area (Å²) in [6.07, 6.45) is 1.20. The zero-order valence-corrected chi connectivity index (χ0v) is 13.4. The highest BCUT2D eigenvalue weighted by Crippen LogP contribution is 2.32. The number of hydrogen-bond acceptors (Lipinski definition) is 3. The third-order valence-corrected chi connectivity index (χ3v) is 5.76. The molecule has 1 aromatic heterocycles. The summed E-state index contributed by atoms with van der Waals surface area (Å²) < 4.78 is 25.9. The van der Waals surface area contributed by atoms with Crippen LogP contribution in [0.3, 0.4) is 0 Å². The summed E-state index contributed by atoms with van der Waals surface area (Å²) in [5, 5.41) is 10.8. The first kappa shape index (κ1) is 15.5. The zero-order chi connectivity index (χ0) is 15.8. The van der Waals surface area contributed by atoms with Crippen molar-refractivity contribution in [2.75, 3.05) is 0 Å². The molecule has 0 aliphatic carbocycles. The van der Waals surface area contributed by atoms with Crippen LogP contribution in [0.1, 0.15) is 34.4 Å². The second-order valence-electron chi connectivity index (χ2n) is 5.36. The van der Waals surface area contributed by atoms with Gasteiger partial charge in [-0.05, 0) is 50.5 Å². The molecule has 1 atom stereocenters. The normalized spacial score (nSPS) is 13.1. The van der Waals surface area contributed by atoms with Crippen LogP contribution < -0.4 is 4.73 Å². The van der Waals surface area contributed by atoms with Gasteiger partial charge in [0.15, 0.2) is 6.20 Å². The van der Waals surface area contributed by atoms with Gasteiger partial charge >= 0.3 is 5.03 Å². The summed E-state index contributed by atoms with van der Waals surface area (Å²) in [5.74, 6) is 0. The van der Waals surface area contributed by atoms with Crippen LogP contribution in [0.4, 0.5) is 0 Å². The fraction of sp³-hybridized carbons (Fsp3) is 0.312. The second kappa shape index (κ2) is 5.48. The highest BCUT2D eigenvalue weighted by molar-refractivity contribution is 7.91. The number of nitrogens with zero attached hydrogens (tertiary/aromatic N) is 1. The minimum Gasteiger partial charge on any atom is -0.618 e. The van der Waals surface area contributed by atoms with E-state index in [-0.39, 0.29) is 5.03 Å². The Labute approximate surface area is 125 Å². The number of hydrogen-bond donors (Lipinski definition) is 0. The molecule has 1 unspecified atom stereocenters. The molecular formula is C16H19NO3S. The summed E-state index contributed by atoms with van der Waals surface area (Å²) in [6, 6.07) is 8.34. The maximum atomic E-state index is 12.7. The summed E-state index contributed by atoms with van der Waals surface area (Å²) in [5.41, 5.74) is 3.72. The van der Waals surface area contributed by atoms with Gasteiger partial charge in [-0.1, -0.05) is 17.7 Å². The summed E-state index contributed by atoms with van der Waals surface area (Å²) in [4.78, 5) is 0. The van der Waals surface area contributed by atoms with Crippen LogP contribution in [0.2, 0.25) is 0 Å². The molecule has 0 N–H and O–H groups in total. The Hall–Kier alpha value is -1.88. The Morgan fingerprint density at radius 1 is 1.10 bits per heavy atom. The van der Waals surface area contributed by atoms with Gasteiger partial charge in [0.2, 0.25) is 9.84 Å². The van der Waals surface area contributed by atoms with Crippen LogP contribution in [0.25, 0.3) is 0 Å². The van der Waals surface area contributed by atoms with Gasteiger partial charge in [-0.15, -0.1) is 0 Å². The van der Waals surface area contributed by atoms with Crippen molar-refractivity contribution >= 4 is 9.84 Å². The van der Waals surface area contributed by atoms with E-state index in [9.17, 15) is 13.6 Å². The molecular weight excluding hydrogens is 286 g/mol. The SMILES string of the molecule is Cc1cc(C)c(C(C)S(=O)(=O)c2cccc[n+]2[O-])c(C)c1. The van der Waals surface area contributed by atoms with E-state index in [0.29, 0.717) is 4.73 Å². The molecule has 0 bridgehead atoms.